The molecule has 94 valence electrons. The van der Waals surface area contributed by atoms with Crippen molar-refractivity contribution < 1.29 is 9.84 Å². The molecule has 0 radical (unpaired) electrons. The van der Waals surface area contributed by atoms with Crippen LogP contribution in [0.1, 0.15) is 24.5 Å². The van der Waals surface area contributed by atoms with E-state index >= 15 is 0 Å². The van der Waals surface area contributed by atoms with Crippen LogP contribution in [-0.4, -0.2) is 24.4 Å². The highest BCUT2D eigenvalue weighted by atomic mass is 35.5. The van der Waals surface area contributed by atoms with E-state index in [1.165, 1.54) is 5.56 Å². The summed E-state index contributed by atoms with van der Waals surface area (Å²) >= 11 is 6.08. The Kier molecular flexibility index (Phi) is 4.26. The number of ether oxygens (including phenoxy) is 1. The highest BCUT2D eigenvalue weighted by Crippen LogP contribution is 2.32. The average molecular weight is 256 g/mol. The molecule has 0 aliphatic carbocycles. The minimum atomic E-state index is 0.207. The van der Waals surface area contributed by atoms with Crippen molar-refractivity contribution in [2.75, 3.05) is 13.2 Å². The third-order valence-electron chi connectivity index (χ3n) is 3.03. The Morgan fingerprint density at radius 3 is 3.12 bits per heavy atom. The zero-order chi connectivity index (χ0) is 12.3. The maximum atomic E-state index is 8.85. The molecule has 2 N–H and O–H groups in total. The van der Waals surface area contributed by atoms with E-state index in [2.05, 4.69) is 12.2 Å². The molecular weight excluding hydrogens is 238 g/mol. The van der Waals surface area contributed by atoms with Gasteiger partial charge in [0.1, 0.15) is 5.75 Å². The molecule has 0 aromatic heterocycles. The Labute approximate surface area is 107 Å². The van der Waals surface area contributed by atoms with Gasteiger partial charge < -0.3 is 15.2 Å². The van der Waals surface area contributed by atoms with Crippen LogP contribution in [0.4, 0.5) is 0 Å². The fourth-order valence-electron chi connectivity index (χ4n) is 2.06. The molecule has 17 heavy (non-hydrogen) atoms. The lowest BCUT2D eigenvalue weighted by Gasteiger charge is -2.14. The molecule has 1 atom stereocenters. The van der Waals surface area contributed by atoms with E-state index in [0.29, 0.717) is 0 Å². The predicted octanol–water partition coefficient (Wildman–Crippen LogP) is 2.14. The standard InChI is InChI=1S/C13H18ClNO2/c1-9(2-4-16)15-8-11-7-12(14)6-10-3-5-17-13(10)11/h6-7,9,15-16H,2-5,8H2,1H3. The molecule has 4 heteroatoms. The summed E-state index contributed by atoms with van der Waals surface area (Å²) in [6.07, 6.45) is 1.69. The summed E-state index contributed by atoms with van der Waals surface area (Å²) in [5.41, 5.74) is 2.30. The van der Waals surface area contributed by atoms with Crippen LogP contribution >= 0.6 is 11.6 Å². The summed E-state index contributed by atoms with van der Waals surface area (Å²) in [4.78, 5) is 0. The molecular formula is C13H18ClNO2. The summed E-state index contributed by atoms with van der Waals surface area (Å²) in [5.74, 6) is 0.984. The van der Waals surface area contributed by atoms with E-state index in [9.17, 15) is 0 Å². The van der Waals surface area contributed by atoms with Crippen molar-refractivity contribution in [3.8, 4) is 5.75 Å². The Hall–Kier alpha value is -0.770. The smallest absolute Gasteiger partial charge is 0.127 e. The Morgan fingerprint density at radius 1 is 1.53 bits per heavy atom. The van der Waals surface area contributed by atoms with Crippen LogP contribution in [0.3, 0.4) is 0 Å². The minimum Gasteiger partial charge on any atom is -0.493 e. The lowest BCUT2D eigenvalue weighted by Crippen LogP contribution is -2.26. The minimum absolute atomic E-state index is 0.207. The average Bonchev–Trinajstić information content (AvgIpc) is 2.74. The Bertz CT molecular complexity index is 395. The van der Waals surface area contributed by atoms with Gasteiger partial charge in [0.05, 0.1) is 6.61 Å². The van der Waals surface area contributed by atoms with Gasteiger partial charge in [0.2, 0.25) is 0 Å². The third-order valence-corrected chi connectivity index (χ3v) is 3.25. The molecule has 1 aromatic rings. The number of fused-ring (bicyclic) bond motifs is 1. The molecule has 1 unspecified atom stereocenters. The van der Waals surface area contributed by atoms with Crippen molar-refractivity contribution in [3.05, 3.63) is 28.3 Å². The molecule has 0 saturated heterocycles. The fourth-order valence-corrected chi connectivity index (χ4v) is 2.32. The SMILES string of the molecule is CC(CCO)NCc1cc(Cl)cc2c1OCC2. The number of rotatable bonds is 5. The normalized spacial score (nSPS) is 15.5. The highest BCUT2D eigenvalue weighted by molar-refractivity contribution is 6.30. The number of aliphatic hydroxyl groups is 1. The quantitative estimate of drug-likeness (QED) is 0.847. The third kappa shape index (κ3) is 3.12. The first kappa shape index (κ1) is 12.7. The van der Waals surface area contributed by atoms with Gasteiger partial charge in [-0.2, -0.15) is 0 Å². The molecule has 0 bridgehead atoms. The van der Waals surface area contributed by atoms with E-state index in [1.54, 1.807) is 0 Å². The second kappa shape index (κ2) is 5.71. The van der Waals surface area contributed by atoms with E-state index in [4.69, 9.17) is 21.4 Å². The molecule has 2 rings (SSSR count). The van der Waals surface area contributed by atoms with E-state index in [1.807, 2.05) is 12.1 Å². The van der Waals surface area contributed by atoms with Crippen LogP contribution in [-0.2, 0) is 13.0 Å². The van der Waals surface area contributed by atoms with Crippen LogP contribution in [0, 0.1) is 0 Å². The summed E-state index contributed by atoms with van der Waals surface area (Å²) in [7, 11) is 0. The first-order valence-electron chi connectivity index (χ1n) is 5.99. The lowest BCUT2D eigenvalue weighted by atomic mass is 10.1. The van der Waals surface area contributed by atoms with E-state index < -0.39 is 0 Å². The summed E-state index contributed by atoms with van der Waals surface area (Å²) in [6.45, 7) is 3.74. The van der Waals surface area contributed by atoms with Gasteiger partial charge in [-0.15, -0.1) is 0 Å². The predicted molar refractivity (Wildman–Crippen MR) is 68.7 cm³/mol. The van der Waals surface area contributed by atoms with Gasteiger partial charge in [0.25, 0.3) is 0 Å². The Morgan fingerprint density at radius 2 is 2.35 bits per heavy atom. The van der Waals surface area contributed by atoms with Crippen LogP contribution in [0.25, 0.3) is 0 Å². The van der Waals surface area contributed by atoms with Gasteiger partial charge >= 0.3 is 0 Å². The first-order chi connectivity index (χ1) is 8.20. The molecule has 1 aliphatic heterocycles. The number of hydrogen-bond acceptors (Lipinski definition) is 3. The van der Waals surface area contributed by atoms with Gasteiger partial charge in [0.15, 0.2) is 0 Å². The zero-order valence-electron chi connectivity index (χ0n) is 10.0. The molecule has 3 nitrogen and oxygen atoms in total. The van der Waals surface area contributed by atoms with Crippen molar-refractivity contribution in [2.24, 2.45) is 0 Å². The van der Waals surface area contributed by atoms with Gasteiger partial charge in [-0.3, -0.25) is 0 Å². The van der Waals surface area contributed by atoms with Crippen molar-refractivity contribution in [3.63, 3.8) is 0 Å². The molecule has 1 aromatic carbocycles. The molecule has 0 fully saturated rings. The van der Waals surface area contributed by atoms with E-state index in [-0.39, 0.29) is 12.6 Å². The topological polar surface area (TPSA) is 41.5 Å². The lowest BCUT2D eigenvalue weighted by molar-refractivity contribution is 0.268. The number of benzene rings is 1. The first-order valence-corrected chi connectivity index (χ1v) is 6.37. The van der Waals surface area contributed by atoms with Crippen LogP contribution in [0.15, 0.2) is 12.1 Å². The van der Waals surface area contributed by atoms with Crippen LogP contribution in [0.2, 0.25) is 5.02 Å². The van der Waals surface area contributed by atoms with Gasteiger partial charge in [0, 0.05) is 36.2 Å². The highest BCUT2D eigenvalue weighted by Gasteiger charge is 2.17. The largest absolute Gasteiger partial charge is 0.493 e. The molecule has 0 spiro atoms. The number of hydrogen-bond donors (Lipinski definition) is 2. The Balaban J connectivity index is 2.05. The molecule has 0 amide bonds. The van der Waals surface area contributed by atoms with Crippen LogP contribution < -0.4 is 10.1 Å². The van der Waals surface area contributed by atoms with Crippen LogP contribution in [0.5, 0.6) is 5.75 Å². The van der Waals surface area contributed by atoms with Gasteiger partial charge in [-0.25, -0.2) is 0 Å². The zero-order valence-corrected chi connectivity index (χ0v) is 10.8. The van der Waals surface area contributed by atoms with Gasteiger partial charge in [-0.05, 0) is 31.0 Å². The summed E-state index contributed by atoms with van der Waals surface area (Å²) < 4.78 is 5.63. The molecule has 1 aliphatic rings. The summed E-state index contributed by atoms with van der Waals surface area (Å²) in [6, 6.07) is 4.21. The number of nitrogens with one attached hydrogen (secondary N) is 1. The number of halogens is 1. The number of aliphatic hydroxyl groups excluding tert-OH is 1. The maximum Gasteiger partial charge on any atom is 0.127 e. The molecule has 1 heterocycles. The molecule has 0 saturated carbocycles. The fraction of sp³-hybridized carbons (Fsp3) is 0.538. The van der Waals surface area contributed by atoms with Crippen molar-refractivity contribution in [1.82, 2.24) is 5.32 Å². The van der Waals surface area contributed by atoms with Crippen molar-refractivity contribution >= 4 is 11.6 Å². The van der Waals surface area contributed by atoms with Gasteiger partial charge in [-0.1, -0.05) is 11.6 Å². The van der Waals surface area contributed by atoms with Crippen molar-refractivity contribution in [2.45, 2.75) is 32.4 Å². The second-order valence-electron chi connectivity index (χ2n) is 4.45. The van der Waals surface area contributed by atoms with E-state index in [0.717, 1.165) is 42.3 Å². The monoisotopic (exact) mass is 255 g/mol. The maximum absolute atomic E-state index is 8.85. The summed E-state index contributed by atoms with van der Waals surface area (Å²) in [5, 5.41) is 13.0. The van der Waals surface area contributed by atoms with Crippen molar-refractivity contribution in [1.29, 1.82) is 0 Å². The second-order valence-corrected chi connectivity index (χ2v) is 4.88.